The molecule has 0 bridgehead atoms. The standard InChI is InChI=1S/C17H16N4O3/c22-15-16(23)21(14-9-5-4-8-13(14)20-15)11-10-18-17(24)19-12-6-2-1-3-7-12/h1-9H,10-11H2,(H,20,22)(H2,18,19,24). The van der Waals surface area contributed by atoms with Gasteiger partial charge in [-0.3, -0.25) is 9.59 Å². The second-order valence-electron chi connectivity index (χ2n) is 5.17. The molecule has 1 aromatic heterocycles. The third kappa shape index (κ3) is 3.35. The van der Waals surface area contributed by atoms with Crippen LogP contribution in [-0.2, 0) is 6.54 Å². The highest BCUT2D eigenvalue weighted by molar-refractivity contribution is 5.89. The second kappa shape index (κ2) is 6.82. The average molecular weight is 324 g/mol. The van der Waals surface area contributed by atoms with E-state index in [1.165, 1.54) is 4.57 Å². The highest BCUT2D eigenvalue weighted by Crippen LogP contribution is 2.07. The number of amides is 2. The normalized spacial score (nSPS) is 10.5. The first-order chi connectivity index (χ1) is 11.6. The van der Waals surface area contributed by atoms with E-state index in [0.717, 1.165) is 0 Å². The first-order valence-corrected chi connectivity index (χ1v) is 7.47. The first-order valence-electron chi connectivity index (χ1n) is 7.47. The summed E-state index contributed by atoms with van der Waals surface area (Å²) in [5.41, 5.74) is 0.554. The van der Waals surface area contributed by atoms with Crippen molar-refractivity contribution in [2.45, 2.75) is 6.54 Å². The van der Waals surface area contributed by atoms with Gasteiger partial charge in [0.1, 0.15) is 0 Å². The van der Waals surface area contributed by atoms with Gasteiger partial charge in [-0.25, -0.2) is 4.79 Å². The minimum atomic E-state index is -0.678. The molecule has 122 valence electrons. The van der Waals surface area contributed by atoms with E-state index in [0.29, 0.717) is 16.7 Å². The lowest BCUT2D eigenvalue weighted by atomic mass is 10.3. The van der Waals surface area contributed by atoms with Crippen LogP contribution in [0.3, 0.4) is 0 Å². The number of carbonyl (C=O) groups is 1. The summed E-state index contributed by atoms with van der Waals surface area (Å²) in [6.07, 6.45) is 0. The molecule has 0 fully saturated rings. The molecule has 0 atom stereocenters. The summed E-state index contributed by atoms with van der Waals surface area (Å²) in [7, 11) is 0. The molecule has 0 aliphatic heterocycles. The maximum Gasteiger partial charge on any atom is 0.319 e. The summed E-state index contributed by atoms with van der Waals surface area (Å²) in [6, 6.07) is 15.7. The van der Waals surface area contributed by atoms with E-state index >= 15 is 0 Å². The lowest BCUT2D eigenvalue weighted by Gasteiger charge is -2.11. The molecule has 0 spiro atoms. The lowest BCUT2D eigenvalue weighted by Crippen LogP contribution is -2.39. The number of carbonyl (C=O) groups excluding carboxylic acids is 1. The largest absolute Gasteiger partial charge is 0.336 e. The van der Waals surface area contributed by atoms with Crippen molar-refractivity contribution in [3.63, 3.8) is 0 Å². The molecule has 1 heterocycles. The van der Waals surface area contributed by atoms with Crippen LogP contribution in [-0.4, -0.2) is 22.1 Å². The van der Waals surface area contributed by atoms with E-state index in [4.69, 9.17) is 0 Å². The number of hydrogen-bond acceptors (Lipinski definition) is 3. The van der Waals surface area contributed by atoms with Crippen LogP contribution in [0.5, 0.6) is 0 Å². The topological polar surface area (TPSA) is 96.0 Å². The monoisotopic (exact) mass is 324 g/mol. The van der Waals surface area contributed by atoms with E-state index in [9.17, 15) is 14.4 Å². The van der Waals surface area contributed by atoms with Gasteiger partial charge >= 0.3 is 17.1 Å². The zero-order chi connectivity index (χ0) is 16.9. The van der Waals surface area contributed by atoms with Crippen molar-refractivity contribution < 1.29 is 4.79 Å². The molecular formula is C17H16N4O3. The number of rotatable bonds is 4. The van der Waals surface area contributed by atoms with Crippen molar-refractivity contribution in [1.82, 2.24) is 14.9 Å². The van der Waals surface area contributed by atoms with Gasteiger partial charge in [0.15, 0.2) is 0 Å². The molecule has 0 radical (unpaired) electrons. The Kier molecular flexibility index (Phi) is 4.42. The Morgan fingerprint density at radius 1 is 1.00 bits per heavy atom. The molecular weight excluding hydrogens is 308 g/mol. The number of H-pyrrole nitrogens is 1. The van der Waals surface area contributed by atoms with Crippen molar-refractivity contribution in [3.8, 4) is 0 Å². The number of urea groups is 1. The van der Waals surface area contributed by atoms with Crippen LogP contribution in [0.2, 0.25) is 0 Å². The molecule has 3 rings (SSSR count). The number of fused-ring (bicyclic) bond motifs is 1. The fourth-order valence-electron chi connectivity index (χ4n) is 2.42. The van der Waals surface area contributed by atoms with Crippen LogP contribution < -0.4 is 21.8 Å². The molecule has 2 amide bonds. The Morgan fingerprint density at radius 2 is 1.71 bits per heavy atom. The second-order valence-corrected chi connectivity index (χ2v) is 5.17. The highest BCUT2D eigenvalue weighted by atomic mass is 16.2. The molecule has 0 saturated heterocycles. The van der Waals surface area contributed by atoms with Gasteiger partial charge in [-0.1, -0.05) is 30.3 Å². The van der Waals surface area contributed by atoms with E-state index in [1.54, 1.807) is 36.4 Å². The summed E-state index contributed by atoms with van der Waals surface area (Å²) in [5.74, 6) is 0. The van der Waals surface area contributed by atoms with Crippen molar-refractivity contribution in [3.05, 3.63) is 75.3 Å². The van der Waals surface area contributed by atoms with Crippen LogP contribution >= 0.6 is 0 Å². The molecule has 0 aliphatic rings. The summed E-state index contributed by atoms with van der Waals surface area (Å²) < 4.78 is 1.36. The van der Waals surface area contributed by atoms with Crippen molar-refractivity contribution >= 4 is 22.8 Å². The van der Waals surface area contributed by atoms with Crippen molar-refractivity contribution in [2.75, 3.05) is 11.9 Å². The predicted octanol–water partition coefficient (Wildman–Crippen LogP) is 1.51. The van der Waals surface area contributed by atoms with Gasteiger partial charge in [0.05, 0.1) is 11.0 Å². The number of hydrogen-bond donors (Lipinski definition) is 3. The number of aromatic nitrogens is 2. The predicted molar refractivity (Wildman–Crippen MR) is 92.3 cm³/mol. The van der Waals surface area contributed by atoms with Crippen LogP contribution in [0.4, 0.5) is 10.5 Å². The summed E-state index contributed by atoms with van der Waals surface area (Å²) in [4.78, 5) is 38.1. The Hall–Kier alpha value is -3.35. The van der Waals surface area contributed by atoms with Crippen LogP contribution in [0.25, 0.3) is 11.0 Å². The average Bonchev–Trinajstić information content (AvgIpc) is 2.59. The molecule has 7 heteroatoms. The Balaban J connectivity index is 1.70. The van der Waals surface area contributed by atoms with E-state index < -0.39 is 11.1 Å². The van der Waals surface area contributed by atoms with Crippen LogP contribution in [0.15, 0.2) is 64.2 Å². The van der Waals surface area contributed by atoms with Crippen LogP contribution in [0, 0.1) is 0 Å². The molecule has 3 N–H and O–H groups in total. The van der Waals surface area contributed by atoms with E-state index in [2.05, 4.69) is 15.6 Å². The summed E-state index contributed by atoms with van der Waals surface area (Å²) in [6.45, 7) is 0.414. The number of anilines is 1. The van der Waals surface area contributed by atoms with Crippen molar-refractivity contribution in [1.29, 1.82) is 0 Å². The smallest absolute Gasteiger partial charge is 0.319 e. The molecule has 0 saturated carbocycles. The van der Waals surface area contributed by atoms with E-state index in [1.807, 2.05) is 18.2 Å². The maximum atomic E-state index is 12.0. The van der Waals surface area contributed by atoms with Gasteiger partial charge in [0.25, 0.3) is 0 Å². The zero-order valence-corrected chi connectivity index (χ0v) is 12.8. The first kappa shape index (κ1) is 15.5. The Morgan fingerprint density at radius 3 is 2.50 bits per heavy atom. The van der Waals surface area contributed by atoms with Gasteiger partial charge in [0, 0.05) is 18.8 Å². The fourth-order valence-corrected chi connectivity index (χ4v) is 2.42. The molecule has 7 nitrogen and oxygen atoms in total. The molecule has 3 aromatic rings. The molecule has 2 aromatic carbocycles. The summed E-state index contributed by atoms with van der Waals surface area (Å²) in [5, 5.41) is 5.36. The third-order valence-corrected chi connectivity index (χ3v) is 3.54. The Labute approximate surface area is 136 Å². The summed E-state index contributed by atoms with van der Waals surface area (Å²) >= 11 is 0. The minimum absolute atomic E-state index is 0.200. The lowest BCUT2D eigenvalue weighted by molar-refractivity contribution is 0.251. The number of aromatic amines is 1. The molecule has 24 heavy (non-hydrogen) atoms. The van der Waals surface area contributed by atoms with Gasteiger partial charge in [-0.05, 0) is 24.3 Å². The molecule has 0 aliphatic carbocycles. The van der Waals surface area contributed by atoms with Gasteiger partial charge in [-0.15, -0.1) is 0 Å². The Bertz CT molecular complexity index is 976. The maximum absolute atomic E-state index is 12.0. The van der Waals surface area contributed by atoms with Crippen molar-refractivity contribution in [2.24, 2.45) is 0 Å². The quantitative estimate of drug-likeness (QED) is 0.635. The van der Waals surface area contributed by atoms with Gasteiger partial charge < -0.3 is 20.2 Å². The van der Waals surface area contributed by atoms with Crippen LogP contribution in [0.1, 0.15) is 0 Å². The van der Waals surface area contributed by atoms with E-state index in [-0.39, 0.29) is 19.1 Å². The number of nitrogens with one attached hydrogen (secondary N) is 3. The zero-order valence-electron chi connectivity index (χ0n) is 12.8. The highest BCUT2D eigenvalue weighted by Gasteiger charge is 2.07. The van der Waals surface area contributed by atoms with Gasteiger partial charge in [-0.2, -0.15) is 0 Å². The minimum Gasteiger partial charge on any atom is -0.336 e. The SMILES string of the molecule is O=C(NCCn1c(=O)c(=O)[nH]c2ccccc21)Nc1ccccc1. The molecule has 0 unspecified atom stereocenters. The number of para-hydroxylation sites is 3. The van der Waals surface area contributed by atoms with Gasteiger partial charge in [0.2, 0.25) is 0 Å². The fraction of sp³-hybridized carbons (Fsp3) is 0.118. The number of nitrogens with zero attached hydrogens (tertiary/aromatic N) is 1. The third-order valence-electron chi connectivity index (χ3n) is 3.54. The number of benzene rings is 2.